The third kappa shape index (κ3) is 6.01. The summed E-state index contributed by atoms with van der Waals surface area (Å²) in [5.74, 6) is 1.37. The summed E-state index contributed by atoms with van der Waals surface area (Å²) in [6.07, 6.45) is 1.78. The van der Waals surface area contributed by atoms with E-state index >= 15 is 0 Å². The topological polar surface area (TPSA) is 43.4 Å². The van der Waals surface area contributed by atoms with Gasteiger partial charge in [-0.3, -0.25) is 4.98 Å². The van der Waals surface area contributed by atoms with Crippen LogP contribution in [0, 0.1) is 0 Å². The van der Waals surface area contributed by atoms with Crippen LogP contribution in [0.15, 0.2) is 60.8 Å². The van der Waals surface area contributed by atoms with Crippen molar-refractivity contribution in [3.8, 4) is 11.5 Å². The number of ether oxygens (including phenoxy) is 2. The molecule has 0 spiro atoms. The Balaban J connectivity index is 0.00000280. The number of methoxy groups -OCH3 is 1. The summed E-state index contributed by atoms with van der Waals surface area (Å²) < 4.78 is 11.5. The normalized spacial score (nSPS) is 10.2. The van der Waals surface area contributed by atoms with E-state index in [0.717, 1.165) is 16.8 Å². The number of pyridine rings is 1. The molecule has 0 bridgehead atoms. The highest BCUT2D eigenvalue weighted by atomic mass is 35.5. The van der Waals surface area contributed by atoms with Gasteiger partial charge in [-0.25, -0.2) is 0 Å². The van der Waals surface area contributed by atoms with Crippen molar-refractivity contribution in [3.63, 3.8) is 0 Å². The lowest BCUT2D eigenvalue weighted by atomic mass is 10.1. The van der Waals surface area contributed by atoms with Crippen molar-refractivity contribution in [3.05, 3.63) is 87.7 Å². The minimum atomic E-state index is 0. The van der Waals surface area contributed by atoms with Gasteiger partial charge in [-0.05, 0) is 30.3 Å². The fraction of sp³-hybridized carbons (Fsp3) is 0.190. The maximum absolute atomic E-state index is 6.25. The molecule has 3 rings (SSSR count). The third-order valence-electron chi connectivity index (χ3n) is 4.02. The number of nitrogens with zero attached hydrogens (tertiary/aromatic N) is 1. The van der Waals surface area contributed by atoms with Crippen LogP contribution in [0.25, 0.3) is 0 Å². The van der Waals surface area contributed by atoms with Gasteiger partial charge in [-0.15, -0.1) is 12.4 Å². The number of halogens is 3. The monoisotopic (exact) mass is 438 g/mol. The molecule has 3 aromatic rings. The summed E-state index contributed by atoms with van der Waals surface area (Å²) in [4.78, 5) is 4.31. The summed E-state index contributed by atoms with van der Waals surface area (Å²) in [6, 6.07) is 17.0. The van der Waals surface area contributed by atoms with Crippen LogP contribution in [-0.4, -0.2) is 12.1 Å². The second-order valence-electron chi connectivity index (χ2n) is 5.90. The number of rotatable bonds is 8. The second-order valence-corrected chi connectivity index (χ2v) is 6.74. The Bertz CT molecular complexity index is 892. The molecule has 0 atom stereocenters. The number of aromatic nitrogens is 1. The molecule has 0 saturated carbocycles. The highest BCUT2D eigenvalue weighted by Gasteiger charge is 2.12. The van der Waals surface area contributed by atoms with E-state index in [2.05, 4.69) is 10.3 Å². The Kier molecular flexibility index (Phi) is 8.87. The lowest BCUT2D eigenvalue weighted by Crippen LogP contribution is -2.14. The number of nitrogens with one attached hydrogen (secondary N) is 1. The van der Waals surface area contributed by atoms with Crippen LogP contribution in [0.3, 0.4) is 0 Å². The summed E-state index contributed by atoms with van der Waals surface area (Å²) in [5, 5.41) is 4.56. The molecule has 28 heavy (non-hydrogen) atoms. The standard InChI is InChI=1S/C21H20Cl2N2O2.ClH/c1-26-20-7-4-5-15(12-24-13-18-6-2-3-10-25-18)21(20)27-14-16-8-9-17(22)11-19(16)23;/h2-11,24H,12-14H2,1H3;1H. The van der Waals surface area contributed by atoms with Crippen LogP contribution in [0.5, 0.6) is 11.5 Å². The fourth-order valence-electron chi connectivity index (χ4n) is 2.64. The van der Waals surface area contributed by atoms with Crippen molar-refractivity contribution in [1.82, 2.24) is 10.3 Å². The van der Waals surface area contributed by atoms with Gasteiger partial charge in [0.2, 0.25) is 0 Å². The number of benzene rings is 2. The largest absolute Gasteiger partial charge is 0.493 e. The SMILES string of the molecule is COc1cccc(CNCc2ccccn2)c1OCc1ccc(Cl)cc1Cl.Cl. The van der Waals surface area contributed by atoms with Crippen LogP contribution in [0.4, 0.5) is 0 Å². The lowest BCUT2D eigenvalue weighted by molar-refractivity contribution is 0.280. The zero-order valence-electron chi connectivity index (χ0n) is 15.3. The Morgan fingerprint density at radius 1 is 0.964 bits per heavy atom. The highest BCUT2D eigenvalue weighted by molar-refractivity contribution is 6.35. The van der Waals surface area contributed by atoms with Crippen molar-refractivity contribution in [2.24, 2.45) is 0 Å². The second kappa shape index (κ2) is 11.1. The van der Waals surface area contributed by atoms with E-state index in [-0.39, 0.29) is 12.4 Å². The molecule has 1 aromatic heterocycles. The van der Waals surface area contributed by atoms with Crippen molar-refractivity contribution in [2.75, 3.05) is 7.11 Å². The average Bonchev–Trinajstić information content (AvgIpc) is 2.68. The molecule has 148 valence electrons. The predicted molar refractivity (Wildman–Crippen MR) is 116 cm³/mol. The molecule has 0 fully saturated rings. The minimum absolute atomic E-state index is 0. The lowest BCUT2D eigenvalue weighted by Gasteiger charge is -2.16. The highest BCUT2D eigenvalue weighted by Crippen LogP contribution is 2.32. The smallest absolute Gasteiger partial charge is 0.166 e. The van der Waals surface area contributed by atoms with Crippen LogP contribution in [0.2, 0.25) is 10.0 Å². The minimum Gasteiger partial charge on any atom is -0.493 e. The zero-order chi connectivity index (χ0) is 19.1. The maximum atomic E-state index is 6.25. The summed E-state index contributed by atoms with van der Waals surface area (Å²) in [5.41, 5.74) is 2.84. The van der Waals surface area contributed by atoms with Crippen LogP contribution >= 0.6 is 35.6 Å². The molecule has 1 heterocycles. The van der Waals surface area contributed by atoms with E-state index in [4.69, 9.17) is 32.7 Å². The molecule has 1 N–H and O–H groups in total. The molecule has 4 nitrogen and oxygen atoms in total. The van der Waals surface area contributed by atoms with Crippen molar-refractivity contribution in [2.45, 2.75) is 19.7 Å². The van der Waals surface area contributed by atoms with E-state index in [1.54, 1.807) is 25.4 Å². The summed E-state index contributed by atoms with van der Waals surface area (Å²) in [7, 11) is 1.63. The first-order valence-electron chi connectivity index (χ1n) is 8.50. The van der Waals surface area contributed by atoms with Crippen LogP contribution in [-0.2, 0) is 19.7 Å². The average molecular weight is 440 g/mol. The van der Waals surface area contributed by atoms with Gasteiger partial charge >= 0.3 is 0 Å². The van der Waals surface area contributed by atoms with Gasteiger partial charge in [-0.1, -0.05) is 47.5 Å². The molecule has 7 heteroatoms. The first kappa shape index (κ1) is 22.3. The molecule has 0 aliphatic heterocycles. The van der Waals surface area contributed by atoms with Gasteiger partial charge in [0.05, 0.1) is 12.8 Å². The first-order valence-corrected chi connectivity index (χ1v) is 9.26. The van der Waals surface area contributed by atoms with Gasteiger partial charge in [0.25, 0.3) is 0 Å². The Morgan fingerprint density at radius 2 is 1.82 bits per heavy atom. The molecule has 0 radical (unpaired) electrons. The zero-order valence-corrected chi connectivity index (χ0v) is 17.7. The summed E-state index contributed by atoms with van der Waals surface area (Å²) >= 11 is 12.2. The Labute approximate surface area is 181 Å². The molecule has 0 aliphatic rings. The predicted octanol–water partition coefficient (Wildman–Crippen LogP) is 5.69. The van der Waals surface area contributed by atoms with Crippen molar-refractivity contribution in [1.29, 1.82) is 0 Å². The number of hydrogen-bond acceptors (Lipinski definition) is 4. The molecule has 0 aliphatic carbocycles. The fourth-order valence-corrected chi connectivity index (χ4v) is 3.10. The van der Waals surface area contributed by atoms with Crippen molar-refractivity contribution < 1.29 is 9.47 Å². The summed E-state index contributed by atoms with van der Waals surface area (Å²) in [6.45, 7) is 1.61. The Hall–Kier alpha value is -1.98. The Morgan fingerprint density at radius 3 is 2.54 bits per heavy atom. The quantitative estimate of drug-likeness (QED) is 0.490. The van der Waals surface area contributed by atoms with E-state index in [1.807, 2.05) is 42.5 Å². The molecular formula is C21H21Cl3N2O2. The molecule has 2 aromatic carbocycles. The van der Waals surface area contributed by atoms with Gasteiger partial charge in [0, 0.05) is 40.5 Å². The van der Waals surface area contributed by atoms with Gasteiger partial charge in [0.15, 0.2) is 11.5 Å². The van der Waals surface area contributed by atoms with Gasteiger partial charge in [-0.2, -0.15) is 0 Å². The van der Waals surface area contributed by atoms with E-state index in [9.17, 15) is 0 Å². The van der Waals surface area contributed by atoms with Crippen LogP contribution < -0.4 is 14.8 Å². The maximum Gasteiger partial charge on any atom is 0.166 e. The van der Waals surface area contributed by atoms with E-state index in [0.29, 0.717) is 41.2 Å². The first-order chi connectivity index (χ1) is 13.2. The van der Waals surface area contributed by atoms with E-state index < -0.39 is 0 Å². The number of hydrogen-bond donors (Lipinski definition) is 1. The van der Waals surface area contributed by atoms with Gasteiger partial charge < -0.3 is 14.8 Å². The number of para-hydroxylation sites is 1. The van der Waals surface area contributed by atoms with Crippen molar-refractivity contribution >= 4 is 35.6 Å². The molecule has 0 amide bonds. The third-order valence-corrected chi connectivity index (χ3v) is 4.60. The molecular weight excluding hydrogens is 419 g/mol. The van der Waals surface area contributed by atoms with E-state index in [1.165, 1.54) is 0 Å². The van der Waals surface area contributed by atoms with Crippen LogP contribution in [0.1, 0.15) is 16.8 Å². The van der Waals surface area contributed by atoms with Gasteiger partial charge in [0.1, 0.15) is 6.61 Å². The molecule has 0 saturated heterocycles. The molecule has 0 unspecified atom stereocenters.